The fourth-order valence-electron chi connectivity index (χ4n) is 1.79. The summed E-state index contributed by atoms with van der Waals surface area (Å²) in [6, 6.07) is 4.47. The lowest BCUT2D eigenvalue weighted by molar-refractivity contribution is 0.469. The second kappa shape index (κ2) is 4.64. The van der Waals surface area contributed by atoms with Crippen LogP contribution >= 0.6 is 11.3 Å². The molecule has 1 aromatic rings. The molecular formula is C12H20N2S. The zero-order valence-electron chi connectivity index (χ0n) is 9.38. The van der Waals surface area contributed by atoms with Crippen LogP contribution in [-0.2, 0) is 13.0 Å². The first-order valence-corrected chi connectivity index (χ1v) is 6.58. The van der Waals surface area contributed by atoms with Crippen molar-refractivity contribution in [3.05, 3.63) is 21.9 Å². The van der Waals surface area contributed by atoms with E-state index in [4.69, 9.17) is 5.73 Å². The molecule has 0 amide bonds. The molecule has 1 aromatic heterocycles. The topological polar surface area (TPSA) is 38.0 Å². The number of thiophene rings is 1. The Morgan fingerprint density at radius 3 is 2.67 bits per heavy atom. The first kappa shape index (κ1) is 11.1. The van der Waals surface area contributed by atoms with E-state index >= 15 is 0 Å². The first-order chi connectivity index (χ1) is 7.28. The monoisotopic (exact) mass is 224 g/mol. The van der Waals surface area contributed by atoms with Crippen LogP contribution in [-0.4, -0.2) is 13.1 Å². The Balaban J connectivity index is 1.73. The summed E-state index contributed by atoms with van der Waals surface area (Å²) in [5, 5.41) is 3.52. The van der Waals surface area contributed by atoms with E-state index in [1.54, 1.807) is 0 Å². The highest BCUT2D eigenvalue weighted by Gasteiger charge is 2.40. The number of nitrogens with two attached hydrogens (primary N) is 1. The van der Waals surface area contributed by atoms with Gasteiger partial charge in [-0.25, -0.2) is 0 Å². The van der Waals surface area contributed by atoms with E-state index in [9.17, 15) is 0 Å². The molecule has 15 heavy (non-hydrogen) atoms. The third kappa shape index (κ3) is 2.80. The third-order valence-corrected chi connectivity index (χ3v) is 4.48. The molecule has 3 N–H and O–H groups in total. The quantitative estimate of drug-likeness (QED) is 0.777. The SMILES string of the molecule is CCc1ccc(CNCC2(CN)CC2)s1. The van der Waals surface area contributed by atoms with Crippen LogP contribution in [0.4, 0.5) is 0 Å². The van der Waals surface area contributed by atoms with Crippen molar-refractivity contribution in [2.24, 2.45) is 11.1 Å². The smallest absolute Gasteiger partial charge is 0.0300 e. The zero-order valence-corrected chi connectivity index (χ0v) is 10.2. The van der Waals surface area contributed by atoms with Gasteiger partial charge in [-0.2, -0.15) is 0 Å². The number of rotatable bonds is 6. The molecule has 1 aliphatic rings. The average molecular weight is 224 g/mol. The number of nitrogens with one attached hydrogen (secondary N) is 1. The van der Waals surface area contributed by atoms with E-state index in [0.29, 0.717) is 5.41 Å². The Morgan fingerprint density at radius 2 is 2.13 bits per heavy atom. The van der Waals surface area contributed by atoms with Crippen molar-refractivity contribution in [2.75, 3.05) is 13.1 Å². The molecule has 0 unspecified atom stereocenters. The summed E-state index contributed by atoms with van der Waals surface area (Å²) in [7, 11) is 0. The standard InChI is InChI=1S/C12H20N2S/c1-2-10-3-4-11(15-10)7-14-9-12(8-13)5-6-12/h3-4,14H,2,5-9,13H2,1H3. The molecule has 2 rings (SSSR count). The van der Waals surface area contributed by atoms with Gasteiger partial charge in [0.2, 0.25) is 0 Å². The molecule has 0 saturated heterocycles. The van der Waals surface area contributed by atoms with Crippen molar-refractivity contribution in [3.8, 4) is 0 Å². The van der Waals surface area contributed by atoms with Crippen molar-refractivity contribution < 1.29 is 0 Å². The summed E-state index contributed by atoms with van der Waals surface area (Å²) in [6.07, 6.45) is 3.76. The molecule has 1 heterocycles. The van der Waals surface area contributed by atoms with E-state index in [0.717, 1.165) is 26.1 Å². The van der Waals surface area contributed by atoms with Crippen LogP contribution in [0.2, 0.25) is 0 Å². The molecule has 0 aliphatic heterocycles. The molecule has 0 bridgehead atoms. The highest BCUT2D eigenvalue weighted by Crippen LogP contribution is 2.43. The molecule has 3 heteroatoms. The van der Waals surface area contributed by atoms with Crippen LogP contribution in [0.1, 0.15) is 29.5 Å². The summed E-state index contributed by atoms with van der Waals surface area (Å²) in [5.74, 6) is 0. The zero-order chi connectivity index (χ0) is 10.7. The van der Waals surface area contributed by atoms with Crippen LogP contribution in [0.15, 0.2) is 12.1 Å². The van der Waals surface area contributed by atoms with Gasteiger partial charge in [0.25, 0.3) is 0 Å². The van der Waals surface area contributed by atoms with Crippen LogP contribution in [0.3, 0.4) is 0 Å². The van der Waals surface area contributed by atoms with Crippen molar-refractivity contribution in [1.82, 2.24) is 5.32 Å². The Morgan fingerprint density at radius 1 is 1.40 bits per heavy atom. The van der Waals surface area contributed by atoms with Crippen molar-refractivity contribution >= 4 is 11.3 Å². The van der Waals surface area contributed by atoms with Crippen molar-refractivity contribution in [1.29, 1.82) is 0 Å². The molecular weight excluding hydrogens is 204 g/mol. The van der Waals surface area contributed by atoms with Gasteiger partial charge in [0.1, 0.15) is 0 Å². The van der Waals surface area contributed by atoms with Crippen molar-refractivity contribution in [2.45, 2.75) is 32.7 Å². The predicted molar refractivity (Wildman–Crippen MR) is 66.1 cm³/mol. The van der Waals surface area contributed by atoms with Gasteiger partial charge < -0.3 is 11.1 Å². The minimum Gasteiger partial charge on any atom is -0.330 e. The van der Waals surface area contributed by atoms with Crippen LogP contribution in [0.5, 0.6) is 0 Å². The molecule has 0 atom stereocenters. The van der Waals surface area contributed by atoms with Crippen molar-refractivity contribution in [3.63, 3.8) is 0 Å². The van der Waals surface area contributed by atoms with Gasteiger partial charge in [0, 0.05) is 22.8 Å². The van der Waals surface area contributed by atoms with E-state index in [2.05, 4.69) is 24.4 Å². The summed E-state index contributed by atoms with van der Waals surface area (Å²) >= 11 is 1.92. The third-order valence-electron chi connectivity index (χ3n) is 3.26. The average Bonchev–Trinajstić information content (AvgIpc) is 2.89. The largest absolute Gasteiger partial charge is 0.330 e. The number of hydrogen-bond donors (Lipinski definition) is 2. The maximum atomic E-state index is 5.74. The lowest BCUT2D eigenvalue weighted by Crippen LogP contribution is -2.29. The second-order valence-electron chi connectivity index (χ2n) is 4.53. The molecule has 1 fully saturated rings. The summed E-state index contributed by atoms with van der Waals surface area (Å²) < 4.78 is 0. The second-order valence-corrected chi connectivity index (χ2v) is 5.78. The Kier molecular flexibility index (Phi) is 3.44. The van der Waals surface area contributed by atoms with Crippen LogP contribution in [0, 0.1) is 5.41 Å². The maximum absolute atomic E-state index is 5.74. The Labute approximate surface area is 95.9 Å². The van der Waals surface area contributed by atoms with E-state index < -0.39 is 0 Å². The van der Waals surface area contributed by atoms with E-state index in [1.807, 2.05) is 11.3 Å². The van der Waals surface area contributed by atoms with Gasteiger partial charge >= 0.3 is 0 Å². The van der Waals surface area contributed by atoms with Crippen LogP contribution in [0.25, 0.3) is 0 Å². The minimum absolute atomic E-state index is 0.449. The predicted octanol–water partition coefficient (Wildman–Crippen LogP) is 2.14. The highest BCUT2D eigenvalue weighted by atomic mass is 32.1. The molecule has 84 valence electrons. The highest BCUT2D eigenvalue weighted by molar-refractivity contribution is 7.11. The number of aryl methyl sites for hydroxylation is 1. The summed E-state index contributed by atoms with van der Waals surface area (Å²) in [5.41, 5.74) is 6.19. The molecule has 0 radical (unpaired) electrons. The fourth-order valence-corrected chi connectivity index (χ4v) is 2.72. The summed E-state index contributed by atoms with van der Waals surface area (Å²) in [4.78, 5) is 2.92. The van der Waals surface area contributed by atoms with Gasteiger partial charge in [-0.15, -0.1) is 11.3 Å². The van der Waals surface area contributed by atoms with Gasteiger partial charge in [-0.1, -0.05) is 6.92 Å². The first-order valence-electron chi connectivity index (χ1n) is 5.76. The number of hydrogen-bond acceptors (Lipinski definition) is 3. The lowest BCUT2D eigenvalue weighted by Gasteiger charge is -2.12. The normalized spacial score (nSPS) is 18.0. The molecule has 0 aromatic carbocycles. The molecule has 0 spiro atoms. The van der Waals surface area contributed by atoms with E-state index in [1.165, 1.54) is 22.6 Å². The minimum atomic E-state index is 0.449. The fraction of sp³-hybridized carbons (Fsp3) is 0.667. The van der Waals surface area contributed by atoms with Crippen LogP contribution < -0.4 is 11.1 Å². The summed E-state index contributed by atoms with van der Waals surface area (Å²) in [6.45, 7) is 5.14. The lowest BCUT2D eigenvalue weighted by atomic mass is 10.1. The van der Waals surface area contributed by atoms with E-state index in [-0.39, 0.29) is 0 Å². The Bertz CT molecular complexity index is 315. The van der Waals surface area contributed by atoms with Gasteiger partial charge in [0.15, 0.2) is 0 Å². The molecule has 1 aliphatic carbocycles. The van der Waals surface area contributed by atoms with Gasteiger partial charge in [-0.3, -0.25) is 0 Å². The molecule has 2 nitrogen and oxygen atoms in total. The molecule has 1 saturated carbocycles. The van der Waals surface area contributed by atoms with Gasteiger partial charge in [-0.05, 0) is 43.4 Å². The van der Waals surface area contributed by atoms with Gasteiger partial charge in [0.05, 0.1) is 0 Å². The Hall–Kier alpha value is -0.380. The maximum Gasteiger partial charge on any atom is 0.0300 e.